The van der Waals surface area contributed by atoms with Gasteiger partial charge in [0.05, 0.1) is 17.0 Å². The standard InChI is InChI=1S/C14H21F3N2OS/c1-5-12(7-6-11(2)19-20)13(10-18)21(3,4)9-8-14(15,16)17/h5,20H,1,6-9H2,2-4H3/b13-12-,19-11+. The lowest BCUT2D eigenvalue weighted by Gasteiger charge is -2.32. The van der Waals surface area contributed by atoms with Gasteiger partial charge in [-0.15, -0.1) is 0 Å². The fraction of sp³-hybridized carbons (Fsp3) is 0.571. The summed E-state index contributed by atoms with van der Waals surface area (Å²) in [5.41, 5.74) is 1.12. The fourth-order valence-electron chi connectivity index (χ4n) is 1.70. The van der Waals surface area contributed by atoms with Gasteiger partial charge in [0.2, 0.25) is 0 Å². The van der Waals surface area contributed by atoms with Crippen LogP contribution in [0.25, 0.3) is 0 Å². The van der Waals surface area contributed by atoms with Gasteiger partial charge in [0.1, 0.15) is 6.07 Å². The van der Waals surface area contributed by atoms with E-state index in [9.17, 15) is 18.4 Å². The van der Waals surface area contributed by atoms with Gasteiger partial charge in [-0.3, -0.25) is 0 Å². The average molecular weight is 322 g/mol. The summed E-state index contributed by atoms with van der Waals surface area (Å²) in [5.74, 6) is -0.0796. The summed E-state index contributed by atoms with van der Waals surface area (Å²) in [4.78, 5) is 0.382. The van der Waals surface area contributed by atoms with Crippen LogP contribution in [0.4, 0.5) is 13.2 Å². The number of allylic oxidation sites excluding steroid dienone is 3. The van der Waals surface area contributed by atoms with E-state index in [1.54, 1.807) is 19.4 Å². The van der Waals surface area contributed by atoms with Crippen LogP contribution in [0, 0.1) is 11.3 Å². The molecule has 0 rings (SSSR count). The molecule has 7 heteroatoms. The van der Waals surface area contributed by atoms with Crippen molar-refractivity contribution >= 4 is 15.7 Å². The third-order valence-electron chi connectivity index (χ3n) is 3.01. The Morgan fingerprint density at radius 1 is 1.38 bits per heavy atom. The zero-order chi connectivity index (χ0) is 16.7. The van der Waals surface area contributed by atoms with E-state index in [2.05, 4.69) is 11.7 Å². The molecule has 0 aromatic carbocycles. The topological polar surface area (TPSA) is 56.4 Å². The molecule has 0 aromatic rings. The third-order valence-corrected chi connectivity index (χ3v) is 5.70. The van der Waals surface area contributed by atoms with Crippen LogP contribution in [0.2, 0.25) is 0 Å². The van der Waals surface area contributed by atoms with Gasteiger partial charge in [-0.05, 0) is 43.6 Å². The lowest BCUT2D eigenvalue weighted by atomic mass is 10.1. The summed E-state index contributed by atoms with van der Waals surface area (Å²) < 4.78 is 37.2. The van der Waals surface area contributed by atoms with Gasteiger partial charge in [0.15, 0.2) is 0 Å². The average Bonchev–Trinajstić information content (AvgIpc) is 2.39. The van der Waals surface area contributed by atoms with Crippen molar-refractivity contribution < 1.29 is 18.4 Å². The molecule has 120 valence electrons. The molecule has 0 atom stereocenters. The van der Waals surface area contributed by atoms with Gasteiger partial charge < -0.3 is 5.21 Å². The lowest BCUT2D eigenvalue weighted by molar-refractivity contribution is -0.129. The summed E-state index contributed by atoms with van der Waals surface area (Å²) in [5, 5.41) is 21.0. The molecule has 0 aromatic heterocycles. The quantitative estimate of drug-likeness (QED) is 0.245. The summed E-state index contributed by atoms with van der Waals surface area (Å²) in [7, 11) is -1.85. The molecular weight excluding hydrogens is 301 g/mol. The highest BCUT2D eigenvalue weighted by atomic mass is 32.3. The molecule has 0 saturated heterocycles. The first-order valence-electron chi connectivity index (χ1n) is 6.28. The van der Waals surface area contributed by atoms with Crippen molar-refractivity contribution in [2.24, 2.45) is 5.16 Å². The SMILES string of the molecule is C=C/C(CC/C(C)=N/O)=C(\C#N)S(C)(C)CCC(F)(F)F. The Morgan fingerprint density at radius 3 is 2.33 bits per heavy atom. The Bertz CT molecular complexity index is 474. The van der Waals surface area contributed by atoms with Crippen molar-refractivity contribution in [3.8, 4) is 6.07 Å². The van der Waals surface area contributed by atoms with Crippen molar-refractivity contribution in [2.45, 2.75) is 32.4 Å². The number of rotatable bonds is 7. The van der Waals surface area contributed by atoms with Gasteiger partial charge >= 0.3 is 6.18 Å². The molecule has 0 heterocycles. The molecule has 0 aliphatic carbocycles. The maximum Gasteiger partial charge on any atom is 0.389 e. The Hall–Kier alpha value is -1.42. The monoisotopic (exact) mass is 322 g/mol. The number of halogens is 3. The first-order chi connectivity index (χ1) is 9.57. The Labute approximate surface area is 125 Å². The number of oxime groups is 1. The minimum atomic E-state index is -4.22. The van der Waals surface area contributed by atoms with Gasteiger partial charge in [0.25, 0.3) is 0 Å². The fourth-order valence-corrected chi connectivity index (χ4v) is 3.79. The second-order valence-electron chi connectivity index (χ2n) is 5.11. The van der Waals surface area contributed by atoms with Crippen molar-refractivity contribution in [1.82, 2.24) is 0 Å². The van der Waals surface area contributed by atoms with Crippen LogP contribution >= 0.6 is 10.0 Å². The van der Waals surface area contributed by atoms with E-state index in [-0.39, 0.29) is 5.75 Å². The summed E-state index contributed by atoms with van der Waals surface area (Å²) in [6.07, 6.45) is 0.636. The van der Waals surface area contributed by atoms with Crippen molar-refractivity contribution in [3.63, 3.8) is 0 Å². The lowest BCUT2D eigenvalue weighted by Crippen LogP contribution is -2.15. The third kappa shape index (κ3) is 7.23. The van der Waals surface area contributed by atoms with Crippen LogP contribution in [0.3, 0.4) is 0 Å². The maximum absolute atomic E-state index is 12.4. The second-order valence-corrected chi connectivity index (χ2v) is 9.01. The van der Waals surface area contributed by atoms with E-state index in [0.717, 1.165) is 0 Å². The predicted octanol–water partition coefficient (Wildman–Crippen LogP) is 4.60. The molecular formula is C14H21F3N2OS. The predicted molar refractivity (Wildman–Crippen MR) is 81.9 cm³/mol. The molecule has 21 heavy (non-hydrogen) atoms. The van der Waals surface area contributed by atoms with Crippen LogP contribution < -0.4 is 0 Å². The van der Waals surface area contributed by atoms with Crippen LogP contribution in [0.15, 0.2) is 28.3 Å². The summed E-state index contributed by atoms with van der Waals surface area (Å²) in [6.45, 7) is 5.27. The van der Waals surface area contributed by atoms with E-state index in [1.807, 2.05) is 6.07 Å². The highest BCUT2D eigenvalue weighted by Gasteiger charge is 2.31. The molecule has 3 nitrogen and oxygen atoms in total. The normalized spacial score (nSPS) is 15.2. The summed E-state index contributed by atoms with van der Waals surface area (Å²) in [6, 6.07) is 2.05. The minimum absolute atomic E-state index is 0.0796. The number of nitriles is 1. The van der Waals surface area contributed by atoms with Crippen molar-refractivity contribution in [1.29, 1.82) is 5.26 Å². The highest BCUT2D eigenvalue weighted by Crippen LogP contribution is 2.52. The van der Waals surface area contributed by atoms with Crippen molar-refractivity contribution in [3.05, 3.63) is 23.1 Å². The smallest absolute Gasteiger partial charge is 0.389 e. The molecule has 0 aliphatic rings. The van der Waals surface area contributed by atoms with E-state index < -0.39 is 22.6 Å². The van der Waals surface area contributed by atoms with E-state index in [1.165, 1.54) is 6.08 Å². The maximum atomic E-state index is 12.4. The Morgan fingerprint density at radius 2 is 1.95 bits per heavy atom. The zero-order valence-corrected chi connectivity index (χ0v) is 13.3. The van der Waals surface area contributed by atoms with Crippen LogP contribution in [-0.2, 0) is 0 Å². The molecule has 0 radical (unpaired) electrons. The Balaban J connectivity index is 5.25. The first-order valence-corrected chi connectivity index (χ1v) is 8.90. The molecule has 0 fully saturated rings. The van der Waals surface area contributed by atoms with Crippen LogP contribution in [0.1, 0.15) is 26.2 Å². The molecule has 0 saturated carbocycles. The molecule has 0 spiro atoms. The molecule has 0 amide bonds. The number of nitrogens with zero attached hydrogens (tertiary/aromatic N) is 2. The minimum Gasteiger partial charge on any atom is -0.411 e. The molecule has 0 bridgehead atoms. The highest BCUT2D eigenvalue weighted by molar-refractivity contribution is 8.36. The van der Waals surface area contributed by atoms with E-state index in [0.29, 0.717) is 29.0 Å². The van der Waals surface area contributed by atoms with Crippen LogP contribution in [-0.4, -0.2) is 35.4 Å². The largest absolute Gasteiger partial charge is 0.411 e. The van der Waals surface area contributed by atoms with E-state index in [4.69, 9.17) is 5.21 Å². The van der Waals surface area contributed by atoms with Gasteiger partial charge in [-0.2, -0.15) is 18.4 Å². The van der Waals surface area contributed by atoms with Crippen molar-refractivity contribution in [2.75, 3.05) is 18.3 Å². The molecule has 0 unspecified atom stereocenters. The number of hydrogen-bond donors (Lipinski definition) is 1. The first kappa shape index (κ1) is 19.6. The van der Waals surface area contributed by atoms with E-state index >= 15 is 0 Å². The number of hydrogen-bond acceptors (Lipinski definition) is 3. The number of alkyl halides is 3. The Kier molecular flexibility index (Phi) is 7.58. The zero-order valence-electron chi connectivity index (χ0n) is 12.5. The van der Waals surface area contributed by atoms with Crippen LogP contribution in [0.5, 0.6) is 0 Å². The summed E-state index contributed by atoms with van der Waals surface area (Å²) >= 11 is 0. The van der Waals surface area contributed by atoms with Gasteiger partial charge in [-0.1, -0.05) is 17.8 Å². The molecule has 0 aliphatic heterocycles. The second kappa shape index (κ2) is 8.13. The molecule has 1 N–H and O–H groups in total. The van der Waals surface area contributed by atoms with Gasteiger partial charge in [0, 0.05) is 0 Å². The van der Waals surface area contributed by atoms with Gasteiger partial charge in [-0.25, -0.2) is 10.0 Å².